The first-order valence-corrected chi connectivity index (χ1v) is 24.5. The Balaban J connectivity index is 4.87. The van der Waals surface area contributed by atoms with Crippen LogP contribution in [0.15, 0.2) is 0 Å². The van der Waals surface area contributed by atoms with E-state index in [9.17, 15) is 0 Å². The van der Waals surface area contributed by atoms with E-state index >= 15 is 0 Å². The molecule has 0 atom stereocenters. The monoisotopic (exact) mass is 688 g/mol. The van der Waals surface area contributed by atoms with E-state index in [-0.39, 0.29) is 6.15 Å². The minimum atomic E-state index is -0.154. The number of rotatable bonds is 44. The van der Waals surface area contributed by atoms with Gasteiger partial charge in [-0.05, 0) is 0 Å². The molecule has 0 radical (unpaired) electrons. The zero-order chi connectivity index (χ0) is 35.6. The summed E-state index contributed by atoms with van der Waals surface area (Å²) in [6.07, 6.45) is 65.6. The minimum Gasteiger partial charge on any atom is -0.178 e. The van der Waals surface area contributed by atoms with Crippen LogP contribution in [-0.4, -0.2) is 6.15 Å². The van der Waals surface area contributed by atoms with E-state index in [1.54, 1.807) is 51.0 Å². The first-order valence-electron chi connectivity index (χ1n) is 24.5. The summed E-state index contributed by atoms with van der Waals surface area (Å²) in [6.45, 7) is 9.35. The van der Waals surface area contributed by atoms with Crippen LogP contribution in [0, 0.1) is 0 Å². The van der Waals surface area contributed by atoms with Crippen molar-refractivity contribution in [1.29, 1.82) is 0 Å². The average molecular weight is 688 g/mol. The van der Waals surface area contributed by atoms with Gasteiger partial charge in [0.15, 0.2) is 0 Å². The van der Waals surface area contributed by atoms with E-state index in [0.29, 0.717) is 0 Å². The highest BCUT2D eigenvalue weighted by Crippen LogP contribution is 2.35. The van der Waals surface area contributed by atoms with Crippen molar-refractivity contribution in [2.75, 3.05) is 0 Å². The van der Waals surface area contributed by atoms with Crippen LogP contribution in [0.5, 0.6) is 0 Å². The average Bonchev–Trinajstić information content (AvgIpc) is 3.11. The third-order valence-corrected chi connectivity index (χ3v) is 12.7. The Labute approximate surface area is 315 Å². The Morgan fingerprint density at radius 1 is 0.163 bits per heavy atom. The number of unbranched alkanes of at least 4 members (excludes halogenated alkanes) is 36. The summed E-state index contributed by atoms with van der Waals surface area (Å²) < 4.78 is 0. The molecule has 296 valence electrons. The summed E-state index contributed by atoms with van der Waals surface area (Å²) in [4.78, 5) is 0. The van der Waals surface area contributed by atoms with Gasteiger partial charge in [-0.25, -0.2) is 0 Å². The molecular formula is C48H100B-. The Bertz CT molecular complexity index is 468. The predicted molar refractivity (Wildman–Crippen MR) is 232 cm³/mol. The highest BCUT2D eigenvalue weighted by Gasteiger charge is 2.23. The van der Waals surface area contributed by atoms with Gasteiger partial charge in [0, 0.05) is 6.15 Å². The van der Waals surface area contributed by atoms with Crippen molar-refractivity contribution >= 4 is 6.15 Å². The van der Waals surface area contributed by atoms with E-state index in [0.717, 1.165) is 0 Å². The molecule has 0 saturated carbocycles. The van der Waals surface area contributed by atoms with Gasteiger partial charge in [0.05, 0.1) is 0 Å². The van der Waals surface area contributed by atoms with Gasteiger partial charge in [-0.1, -0.05) is 285 Å². The molecule has 49 heavy (non-hydrogen) atoms. The zero-order valence-electron chi connectivity index (χ0n) is 35.7. The van der Waals surface area contributed by atoms with Crippen LogP contribution >= 0.6 is 0 Å². The molecule has 0 N–H and O–H groups in total. The van der Waals surface area contributed by atoms with Crippen molar-refractivity contribution in [3.63, 3.8) is 0 Å². The molecule has 0 bridgehead atoms. The van der Waals surface area contributed by atoms with Crippen LogP contribution in [0.1, 0.15) is 285 Å². The molecule has 0 nitrogen and oxygen atoms in total. The first kappa shape index (κ1) is 49.1. The van der Waals surface area contributed by atoms with Gasteiger partial charge < -0.3 is 0 Å². The van der Waals surface area contributed by atoms with Crippen LogP contribution in [0.3, 0.4) is 0 Å². The Kier molecular flexibility index (Phi) is 42.5. The highest BCUT2D eigenvalue weighted by atomic mass is 14.1. The van der Waals surface area contributed by atoms with Gasteiger partial charge in [0.1, 0.15) is 0 Å². The van der Waals surface area contributed by atoms with E-state index in [1.165, 1.54) is 231 Å². The van der Waals surface area contributed by atoms with Gasteiger partial charge in [0.25, 0.3) is 0 Å². The fourth-order valence-electron chi connectivity index (χ4n) is 9.13. The van der Waals surface area contributed by atoms with Gasteiger partial charge in [0.2, 0.25) is 0 Å². The largest absolute Gasteiger partial charge is 0.178 e. The van der Waals surface area contributed by atoms with Crippen LogP contribution in [0.4, 0.5) is 0 Å². The second kappa shape index (κ2) is 42.5. The predicted octanol–water partition coefficient (Wildman–Crippen LogP) is 19.1. The lowest BCUT2D eigenvalue weighted by atomic mass is 9.17. The smallest absolute Gasteiger partial charge is 0.000747 e. The molecule has 0 aromatic rings. The molecule has 1 heteroatoms. The van der Waals surface area contributed by atoms with E-state index in [2.05, 4.69) is 27.7 Å². The summed E-state index contributed by atoms with van der Waals surface area (Å²) in [5, 5.41) is 0. The van der Waals surface area contributed by atoms with E-state index in [4.69, 9.17) is 0 Å². The van der Waals surface area contributed by atoms with E-state index in [1.807, 2.05) is 0 Å². The maximum Gasteiger partial charge on any atom is 0.000747 e. The molecule has 0 saturated heterocycles. The van der Waals surface area contributed by atoms with Crippen molar-refractivity contribution in [1.82, 2.24) is 0 Å². The molecule has 0 aliphatic heterocycles. The minimum absolute atomic E-state index is 0.154. The Morgan fingerprint density at radius 2 is 0.286 bits per heavy atom. The molecule has 0 spiro atoms. The third kappa shape index (κ3) is 37.6. The summed E-state index contributed by atoms with van der Waals surface area (Å²) >= 11 is 0. The number of hydrogen-bond donors (Lipinski definition) is 0. The molecule has 0 heterocycles. The maximum atomic E-state index is 2.34. The summed E-state index contributed by atoms with van der Waals surface area (Å²) in [6, 6.07) is 0. The molecule has 0 rings (SSSR count). The molecule has 0 aliphatic rings. The summed E-state index contributed by atoms with van der Waals surface area (Å²) in [7, 11) is 0. The second-order valence-electron chi connectivity index (χ2n) is 17.6. The molecule has 0 aromatic heterocycles. The van der Waals surface area contributed by atoms with Crippen molar-refractivity contribution in [3.8, 4) is 0 Å². The SMILES string of the molecule is CCCCCCCCCCCC[B-](CCCCCCCCCCCC)(CCCCCCCCCCCC)CCCCCCCCCCCC. The van der Waals surface area contributed by atoms with Crippen LogP contribution in [0.2, 0.25) is 25.3 Å². The highest BCUT2D eigenvalue weighted by molar-refractivity contribution is 6.79. The maximum absolute atomic E-state index is 2.34. The normalized spacial score (nSPS) is 12.0. The van der Waals surface area contributed by atoms with Crippen molar-refractivity contribution < 1.29 is 0 Å². The van der Waals surface area contributed by atoms with E-state index < -0.39 is 0 Å². The van der Waals surface area contributed by atoms with Gasteiger partial charge in [-0.2, -0.15) is 25.3 Å². The quantitative estimate of drug-likeness (QED) is 0.0442. The summed E-state index contributed by atoms with van der Waals surface area (Å²) in [5.41, 5.74) is 0. The van der Waals surface area contributed by atoms with Crippen LogP contribution in [0.25, 0.3) is 0 Å². The standard InChI is InChI=1S/C48H100B/c1-5-9-13-17-21-25-29-33-37-41-45-49(46-42-38-34-30-26-22-18-14-10-6-2,47-43-39-35-31-27-23-19-15-11-7-3)48-44-40-36-32-28-24-20-16-12-8-4/h5-48H2,1-4H3/q-1. The Hall–Kier alpha value is 0.0649. The van der Waals surface area contributed by atoms with Crippen molar-refractivity contribution in [2.45, 2.75) is 310 Å². The van der Waals surface area contributed by atoms with Crippen LogP contribution < -0.4 is 0 Å². The third-order valence-electron chi connectivity index (χ3n) is 12.7. The lowest BCUT2D eigenvalue weighted by Crippen LogP contribution is -2.34. The first-order chi connectivity index (χ1) is 24.2. The molecule has 0 amide bonds. The van der Waals surface area contributed by atoms with Gasteiger partial charge in [-0.3, -0.25) is 0 Å². The molecular weight excluding hydrogens is 587 g/mol. The van der Waals surface area contributed by atoms with Gasteiger partial charge in [-0.15, -0.1) is 0 Å². The fourth-order valence-corrected chi connectivity index (χ4v) is 9.13. The zero-order valence-corrected chi connectivity index (χ0v) is 35.7. The Morgan fingerprint density at radius 3 is 0.429 bits per heavy atom. The molecule has 0 aromatic carbocycles. The van der Waals surface area contributed by atoms with Crippen molar-refractivity contribution in [3.05, 3.63) is 0 Å². The lowest BCUT2D eigenvalue weighted by Gasteiger charge is -2.41. The molecule has 0 aliphatic carbocycles. The molecule has 0 fully saturated rings. The second-order valence-corrected chi connectivity index (χ2v) is 17.6. The topological polar surface area (TPSA) is 0 Å². The lowest BCUT2D eigenvalue weighted by molar-refractivity contribution is 0.552. The van der Waals surface area contributed by atoms with Crippen LogP contribution in [-0.2, 0) is 0 Å². The molecule has 0 unspecified atom stereocenters. The number of hydrogen-bond acceptors (Lipinski definition) is 0. The van der Waals surface area contributed by atoms with Crippen molar-refractivity contribution in [2.24, 2.45) is 0 Å². The summed E-state index contributed by atoms with van der Waals surface area (Å²) in [5.74, 6) is 0. The fraction of sp³-hybridized carbons (Fsp3) is 1.00. The van der Waals surface area contributed by atoms with Gasteiger partial charge >= 0.3 is 0 Å².